The van der Waals surface area contributed by atoms with E-state index in [1.807, 2.05) is 19.9 Å². The van der Waals surface area contributed by atoms with Gasteiger partial charge >= 0.3 is 0 Å². The maximum atomic E-state index is 5.85. The van der Waals surface area contributed by atoms with E-state index in [9.17, 15) is 0 Å². The van der Waals surface area contributed by atoms with Crippen molar-refractivity contribution in [2.45, 2.75) is 26.0 Å². The van der Waals surface area contributed by atoms with Crippen LogP contribution in [0.5, 0.6) is 0 Å². The molecule has 2 atom stereocenters. The predicted molar refractivity (Wildman–Crippen MR) is 62.4 cm³/mol. The average molecular weight is 222 g/mol. The van der Waals surface area contributed by atoms with Gasteiger partial charge < -0.3 is 15.4 Å². The Morgan fingerprint density at radius 2 is 2.44 bits per heavy atom. The second kappa shape index (κ2) is 4.76. The number of aryl methyl sites for hydroxylation is 1. The molecule has 88 valence electrons. The molecule has 0 bridgehead atoms. The van der Waals surface area contributed by atoms with Crippen LogP contribution in [-0.2, 0) is 4.74 Å². The smallest absolute Gasteiger partial charge is 0.151 e. The zero-order valence-corrected chi connectivity index (χ0v) is 9.76. The first kappa shape index (κ1) is 11.3. The highest BCUT2D eigenvalue weighted by Gasteiger charge is 2.24. The second-order valence-corrected chi connectivity index (χ2v) is 4.31. The molecular weight excluding hydrogens is 204 g/mol. The van der Waals surface area contributed by atoms with Gasteiger partial charge in [-0.3, -0.25) is 0 Å². The van der Waals surface area contributed by atoms with Gasteiger partial charge in [0.05, 0.1) is 18.9 Å². The summed E-state index contributed by atoms with van der Waals surface area (Å²) < 4.78 is 5.61. The monoisotopic (exact) mass is 222 g/mol. The molecule has 2 N–H and O–H groups in total. The fourth-order valence-corrected chi connectivity index (χ4v) is 1.80. The number of hydrogen-bond donors (Lipinski definition) is 1. The van der Waals surface area contributed by atoms with Crippen LogP contribution in [0, 0.1) is 6.92 Å². The van der Waals surface area contributed by atoms with Crippen LogP contribution in [0.4, 0.5) is 5.82 Å². The molecule has 0 spiro atoms. The number of rotatable bonds is 2. The Labute approximate surface area is 95.6 Å². The number of anilines is 1. The van der Waals surface area contributed by atoms with E-state index < -0.39 is 0 Å². The van der Waals surface area contributed by atoms with Gasteiger partial charge in [-0.05, 0) is 25.5 Å². The molecule has 2 heterocycles. The van der Waals surface area contributed by atoms with Crippen molar-refractivity contribution in [2.75, 3.05) is 24.6 Å². The minimum Gasteiger partial charge on any atom is -0.373 e. The summed E-state index contributed by atoms with van der Waals surface area (Å²) in [5.74, 6) is 0.911. The summed E-state index contributed by atoms with van der Waals surface area (Å²) in [6.45, 7) is 6.32. The van der Waals surface area contributed by atoms with E-state index in [4.69, 9.17) is 10.5 Å². The van der Waals surface area contributed by atoms with E-state index in [1.165, 1.54) is 0 Å². The largest absolute Gasteiger partial charge is 0.373 e. The van der Waals surface area contributed by atoms with Gasteiger partial charge in [0.25, 0.3) is 0 Å². The molecule has 1 aliphatic heterocycles. The molecule has 1 aromatic heterocycles. The van der Waals surface area contributed by atoms with Crippen LogP contribution in [0.1, 0.15) is 12.5 Å². The molecule has 0 amide bonds. The molecule has 0 aliphatic carbocycles. The Bertz CT molecular complexity index is 356. The van der Waals surface area contributed by atoms with E-state index in [2.05, 4.69) is 15.1 Å². The first-order chi connectivity index (χ1) is 7.66. The van der Waals surface area contributed by atoms with Gasteiger partial charge in [-0.25, -0.2) is 0 Å². The highest BCUT2D eigenvalue weighted by Crippen LogP contribution is 2.16. The summed E-state index contributed by atoms with van der Waals surface area (Å²) in [5, 5.41) is 8.10. The lowest BCUT2D eigenvalue weighted by Gasteiger charge is -2.35. The zero-order chi connectivity index (χ0) is 11.5. The number of aromatic nitrogens is 2. The molecule has 5 heteroatoms. The first-order valence-electron chi connectivity index (χ1n) is 5.58. The molecule has 1 aromatic rings. The third-order valence-corrected chi connectivity index (χ3v) is 2.78. The lowest BCUT2D eigenvalue weighted by atomic mass is 10.1. The predicted octanol–water partition coefficient (Wildman–Crippen LogP) is 0.337. The van der Waals surface area contributed by atoms with Crippen LogP contribution in [-0.4, -0.2) is 42.0 Å². The molecule has 1 fully saturated rings. The maximum absolute atomic E-state index is 5.85. The van der Waals surface area contributed by atoms with E-state index in [-0.39, 0.29) is 12.1 Å². The van der Waals surface area contributed by atoms with Crippen molar-refractivity contribution in [1.29, 1.82) is 0 Å². The van der Waals surface area contributed by atoms with Gasteiger partial charge in [-0.15, -0.1) is 5.10 Å². The van der Waals surface area contributed by atoms with Crippen molar-refractivity contribution >= 4 is 5.82 Å². The molecule has 2 rings (SSSR count). The van der Waals surface area contributed by atoms with Crippen molar-refractivity contribution in [3.8, 4) is 0 Å². The number of morpholine rings is 1. The molecule has 0 saturated carbocycles. The third-order valence-electron chi connectivity index (χ3n) is 2.78. The molecule has 2 unspecified atom stereocenters. The van der Waals surface area contributed by atoms with Crippen LogP contribution in [0.2, 0.25) is 0 Å². The summed E-state index contributed by atoms with van der Waals surface area (Å²) >= 11 is 0. The fourth-order valence-electron chi connectivity index (χ4n) is 1.80. The topological polar surface area (TPSA) is 64.3 Å². The van der Waals surface area contributed by atoms with E-state index in [0.29, 0.717) is 6.61 Å². The Kier molecular flexibility index (Phi) is 3.36. The summed E-state index contributed by atoms with van der Waals surface area (Å²) in [6.07, 6.45) is 1.84. The molecular formula is C11H18N4O. The van der Waals surface area contributed by atoms with Crippen molar-refractivity contribution in [3.05, 3.63) is 17.8 Å². The number of nitrogens with two attached hydrogens (primary N) is 1. The van der Waals surface area contributed by atoms with Gasteiger partial charge in [-0.1, -0.05) is 0 Å². The van der Waals surface area contributed by atoms with Gasteiger partial charge in [0.15, 0.2) is 5.82 Å². The highest BCUT2D eigenvalue weighted by molar-refractivity contribution is 5.39. The summed E-state index contributed by atoms with van der Waals surface area (Å²) in [7, 11) is 0. The number of hydrogen-bond acceptors (Lipinski definition) is 5. The Morgan fingerprint density at radius 1 is 1.62 bits per heavy atom. The van der Waals surface area contributed by atoms with Crippen LogP contribution in [0.3, 0.4) is 0 Å². The molecule has 5 nitrogen and oxygen atoms in total. The Morgan fingerprint density at radius 3 is 3.12 bits per heavy atom. The van der Waals surface area contributed by atoms with Crippen molar-refractivity contribution < 1.29 is 4.74 Å². The van der Waals surface area contributed by atoms with Gasteiger partial charge in [0.2, 0.25) is 0 Å². The van der Waals surface area contributed by atoms with Crippen LogP contribution in [0.25, 0.3) is 0 Å². The minimum absolute atomic E-state index is 0.0422. The number of ether oxygens (including phenoxy) is 1. The third kappa shape index (κ3) is 2.48. The van der Waals surface area contributed by atoms with E-state index >= 15 is 0 Å². The molecule has 1 aliphatic rings. The van der Waals surface area contributed by atoms with E-state index in [0.717, 1.165) is 24.5 Å². The van der Waals surface area contributed by atoms with Gasteiger partial charge in [0.1, 0.15) is 0 Å². The van der Waals surface area contributed by atoms with Crippen molar-refractivity contribution in [2.24, 2.45) is 5.73 Å². The Balaban J connectivity index is 2.09. The maximum Gasteiger partial charge on any atom is 0.151 e. The van der Waals surface area contributed by atoms with Gasteiger partial charge in [0, 0.05) is 19.1 Å². The Hall–Kier alpha value is -1.20. The molecule has 0 radical (unpaired) electrons. The van der Waals surface area contributed by atoms with Crippen LogP contribution >= 0.6 is 0 Å². The second-order valence-electron chi connectivity index (χ2n) is 4.31. The van der Waals surface area contributed by atoms with Gasteiger partial charge in [-0.2, -0.15) is 5.10 Å². The van der Waals surface area contributed by atoms with Crippen LogP contribution < -0.4 is 10.6 Å². The van der Waals surface area contributed by atoms with Crippen molar-refractivity contribution in [1.82, 2.24) is 10.2 Å². The summed E-state index contributed by atoms with van der Waals surface area (Å²) in [6, 6.07) is 2.08. The normalized spacial score (nSPS) is 23.2. The molecule has 1 saturated heterocycles. The summed E-state index contributed by atoms with van der Waals surface area (Å²) in [4.78, 5) is 2.18. The lowest BCUT2D eigenvalue weighted by molar-refractivity contribution is 0.0273. The number of nitrogens with zero attached hydrogens (tertiary/aromatic N) is 3. The van der Waals surface area contributed by atoms with E-state index in [1.54, 1.807) is 6.20 Å². The lowest BCUT2D eigenvalue weighted by Crippen LogP contribution is -2.49. The minimum atomic E-state index is 0.0422. The summed E-state index contributed by atoms with van der Waals surface area (Å²) in [5.41, 5.74) is 6.97. The zero-order valence-electron chi connectivity index (χ0n) is 9.76. The highest BCUT2D eigenvalue weighted by atomic mass is 16.5. The first-order valence-corrected chi connectivity index (χ1v) is 5.58. The van der Waals surface area contributed by atoms with Crippen LogP contribution in [0.15, 0.2) is 12.3 Å². The molecule has 16 heavy (non-hydrogen) atoms. The average Bonchev–Trinajstić information content (AvgIpc) is 2.29. The fraction of sp³-hybridized carbons (Fsp3) is 0.636. The molecule has 0 aromatic carbocycles. The standard InChI is InChI=1S/C11H18N4O/c1-8-5-11(14-13-6-8)15-3-4-16-10(7-15)9(2)12/h5-6,9-10H,3-4,7,12H2,1-2H3. The van der Waals surface area contributed by atoms with Crippen molar-refractivity contribution in [3.63, 3.8) is 0 Å². The quantitative estimate of drug-likeness (QED) is 0.781. The SMILES string of the molecule is Cc1cnnc(N2CCOC(C(C)N)C2)c1.